The summed E-state index contributed by atoms with van der Waals surface area (Å²) in [5, 5.41) is 0. The molecule has 1 heterocycles. The van der Waals surface area contributed by atoms with Crippen LogP contribution in [0.25, 0.3) is 0 Å². The smallest absolute Gasteiger partial charge is 0.164 e. The van der Waals surface area contributed by atoms with Crippen LogP contribution < -0.4 is 0 Å². The Morgan fingerprint density at radius 1 is 1.40 bits per heavy atom. The van der Waals surface area contributed by atoms with Crippen molar-refractivity contribution in [2.24, 2.45) is 0 Å². The molecule has 0 radical (unpaired) electrons. The van der Waals surface area contributed by atoms with Crippen molar-refractivity contribution in [2.75, 3.05) is 13.7 Å². The third-order valence-corrected chi connectivity index (χ3v) is 1.99. The predicted octanol–water partition coefficient (Wildman–Crippen LogP) is 1.11. The lowest BCUT2D eigenvalue weighted by Crippen LogP contribution is -2.12. The molecule has 0 bridgehead atoms. The molecule has 0 aliphatic rings. The Morgan fingerprint density at radius 2 is 2.07 bits per heavy atom. The van der Waals surface area contributed by atoms with Crippen LogP contribution in [0.4, 0.5) is 0 Å². The van der Waals surface area contributed by atoms with Gasteiger partial charge in [0.2, 0.25) is 0 Å². The zero-order valence-corrected chi connectivity index (χ0v) is 9.41. The summed E-state index contributed by atoms with van der Waals surface area (Å²) in [5.41, 5.74) is 1.75. The second-order valence-corrected chi connectivity index (χ2v) is 3.40. The molecule has 0 N–H and O–H groups in total. The van der Waals surface area contributed by atoms with E-state index in [1.165, 1.54) is 7.11 Å². The quantitative estimate of drug-likeness (QED) is 0.727. The van der Waals surface area contributed by atoms with Gasteiger partial charge >= 0.3 is 0 Å². The molecule has 0 aliphatic heterocycles. The molecule has 0 fully saturated rings. The normalized spacial score (nSPS) is 10.3. The van der Waals surface area contributed by atoms with Gasteiger partial charge < -0.3 is 4.74 Å². The number of aryl methyl sites for hydroxylation is 2. The average Bonchev–Trinajstić information content (AvgIpc) is 2.17. The Bertz CT molecular complexity index is 350. The standard InChI is InChI=1S/C11H16N2O2/c1-4-9-5-10(13-8(2)12-9)6-11(14)7-15-3/h5H,4,6-7H2,1-3H3. The van der Waals surface area contributed by atoms with E-state index in [0.29, 0.717) is 6.42 Å². The number of methoxy groups -OCH3 is 1. The Morgan fingerprint density at radius 3 is 2.67 bits per heavy atom. The second-order valence-electron chi connectivity index (χ2n) is 3.40. The van der Waals surface area contributed by atoms with Gasteiger partial charge in [-0.15, -0.1) is 0 Å². The molecular formula is C11H16N2O2. The third-order valence-electron chi connectivity index (χ3n) is 1.99. The SMILES string of the molecule is CCc1cc(CC(=O)COC)nc(C)n1. The molecule has 0 amide bonds. The van der Waals surface area contributed by atoms with Crippen LogP contribution in [0.5, 0.6) is 0 Å². The summed E-state index contributed by atoms with van der Waals surface area (Å²) in [6.07, 6.45) is 1.18. The van der Waals surface area contributed by atoms with Gasteiger partial charge in [-0.2, -0.15) is 0 Å². The first-order valence-electron chi connectivity index (χ1n) is 4.99. The van der Waals surface area contributed by atoms with Crippen molar-refractivity contribution in [3.63, 3.8) is 0 Å². The van der Waals surface area contributed by atoms with E-state index in [4.69, 9.17) is 4.74 Å². The van der Waals surface area contributed by atoms with E-state index in [1.807, 2.05) is 19.9 Å². The highest BCUT2D eigenvalue weighted by atomic mass is 16.5. The summed E-state index contributed by atoms with van der Waals surface area (Å²) in [6, 6.07) is 1.88. The molecule has 0 aliphatic carbocycles. The maximum absolute atomic E-state index is 11.3. The van der Waals surface area contributed by atoms with E-state index in [0.717, 1.165) is 23.6 Å². The minimum Gasteiger partial charge on any atom is -0.377 e. The van der Waals surface area contributed by atoms with Gasteiger partial charge in [-0.1, -0.05) is 6.92 Å². The van der Waals surface area contributed by atoms with Gasteiger partial charge in [-0.25, -0.2) is 9.97 Å². The van der Waals surface area contributed by atoms with E-state index < -0.39 is 0 Å². The zero-order chi connectivity index (χ0) is 11.3. The summed E-state index contributed by atoms with van der Waals surface area (Å²) >= 11 is 0. The minimum absolute atomic E-state index is 0.0395. The van der Waals surface area contributed by atoms with Crippen LogP contribution in [-0.2, 0) is 22.4 Å². The topological polar surface area (TPSA) is 52.1 Å². The van der Waals surface area contributed by atoms with Gasteiger partial charge in [0.05, 0.1) is 12.1 Å². The average molecular weight is 208 g/mol. The summed E-state index contributed by atoms with van der Waals surface area (Å²) in [7, 11) is 1.51. The van der Waals surface area contributed by atoms with E-state index in [9.17, 15) is 4.79 Å². The third kappa shape index (κ3) is 3.75. The molecule has 0 spiro atoms. The van der Waals surface area contributed by atoms with Crippen LogP contribution in [0.3, 0.4) is 0 Å². The molecule has 0 unspecified atom stereocenters. The number of Topliss-reactive ketones (excluding diaryl/α,β-unsaturated/α-hetero) is 1. The number of ether oxygens (including phenoxy) is 1. The molecule has 0 saturated heterocycles. The van der Waals surface area contributed by atoms with Gasteiger partial charge in [0.25, 0.3) is 0 Å². The van der Waals surface area contributed by atoms with Gasteiger partial charge in [-0.3, -0.25) is 4.79 Å². The van der Waals surface area contributed by atoms with E-state index in [2.05, 4.69) is 9.97 Å². The van der Waals surface area contributed by atoms with Crippen molar-refractivity contribution in [2.45, 2.75) is 26.7 Å². The maximum Gasteiger partial charge on any atom is 0.164 e. The molecule has 1 rings (SSSR count). The number of nitrogens with zero attached hydrogens (tertiary/aromatic N) is 2. The summed E-state index contributed by atoms with van der Waals surface area (Å²) in [5.74, 6) is 0.757. The zero-order valence-electron chi connectivity index (χ0n) is 9.41. The number of aromatic nitrogens is 2. The number of carbonyl (C=O) groups is 1. The highest BCUT2D eigenvalue weighted by Crippen LogP contribution is 2.03. The fourth-order valence-corrected chi connectivity index (χ4v) is 1.38. The van der Waals surface area contributed by atoms with Crippen molar-refractivity contribution in [3.8, 4) is 0 Å². The molecule has 82 valence electrons. The van der Waals surface area contributed by atoms with Crippen LogP contribution in [0, 0.1) is 6.92 Å². The van der Waals surface area contributed by atoms with Crippen molar-refractivity contribution in [3.05, 3.63) is 23.3 Å². The van der Waals surface area contributed by atoms with Crippen molar-refractivity contribution < 1.29 is 9.53 Å². The number of ketones is 1. The number of carbonyl (C=O) groups excluding carboxylic acids is 1. The van der Waals surface area contributed by atoms with Crippen molar-refractivity contribution in [1.82, 2.24) is 9.97 Å². The molecule has 0 saturated carbocycles. The van der Waals surface area contributed by atoms with Crippen LogP contribution in [-0.4, -0.2) is 29.5 Å². The molecular weight excluding hydrogens is 192 g/mol. The highest BCUT2D eigenvalue weighted by Gasteiger charge is 2.06. The summed E-state index contributed by atoms with van der Waals surface area (Å²) in [4.78, 5) is 19.8. The molecule has 15 heavy (non-hydrogen) atoms. The second kappa shape index (κ2) is 5.56. The Balaban J connectivity index is 2.76. The lowest BCUT2D eigenvalue weighted by molar-refractivity contribution is -0.122. The van der Waals surface area contributed by atoms with E-state index in [1.54, 1.807) is 0 Å². The highest BCUT2D eigenvalue weighted by molar-refractivity contribution is 5.81. The maximum atomic E-state index is 11.3. The van der Waals surface area contributed by atoms with Gasteiger partial charge in [0, 0.05) is 12.8 Å². The lowest BCUT2D eigenvalue weighted by atomic mass is 10.2. The lowest BCUT2D eigenvalue weighted by Gasteiger charge is -2.03. The van der Waals surface area contributed by atoms with Crippen molar-refractivity contribution in [1.29, 1.82) is 0 Å². The molecule has 1 aromatic rings. The molecule has 0 atom stereocenters. The largest absolute Gasteiger partial charge is 0.377 e. The molecule has 0 aromatic carbocycles. The Hall–Kier alpha value is -1.29. The van der Waals surface area contributed by atoms with Crippen LogP contribution in [0.1, 0.15) is 24.1 Å². The molecule has 4 nitrogen and oxygen atoms in total. The number of hydrogen-bond acceptors (Lipinski definition) is 4. The minimum atomic E-state index is 0.0395. The van der Waals surface area contributed by atoms with E-state index in [-0.39, 0.29) is 12.4 Å². The van der Waals surface area contributed by atoms with Crippen molar-refractivity contribution >= 4 is 5.78 Å². The number of hydrogen-bond donors (Lipinski definition) is 0. The Labute approximate surface area is 89.7 Å². The summed E-state index contributed by atoms with van der Waals surface area (Å²) in [6.45, 7) is 4.01. The first-order valence-corrected chi connectivity index (χ1v) is 4.99. The van der Waals surface area contributed by atoms with Gasteiger partial charge in [0.15, 0.2) is 5.78 Å². The van der Waals surface area contributed by atoms with Crippen LogP contribution in [0.15, 0.2) is 6.07 Å². The monoisotopic (exact) mass is 208 g/mol. The number of rotatable bonds is 5. The summed E-state index contributed by atoms with van der Waals surface area (Å²) < 4.78 is 4.77. The van der Waals surface area contributed by atoms with Gasteiger partial charge in [-0.05, 0) is 19.4 Å². The van der Waals surface area contributed by atoms with Gasteiger partial charge in [0.1, 0.15) is 12.4 Å². The Kier molecular flexibility index (Phi) is 4.37. The van der Waals surface area contributed by atoms with Crippen LogP contribution in [0.2, 0.25) is 0 Å². The first kappa shape index (κ1) is 11.8. The van der Waals surface area contributed by atoms with Crippen LogP contribution >= 0.6 is 0 Å². The fraction of sp³-hybridized carbons (Fsp3) is 0.545. The fourth-order valence-electron chi connectivity index (χ4n) is 1.38. The predicted molar refractivity (Wildman–Crippen MR) is 56.7 cm³/mol. The first-order chi connectivity index (χ1) is 7.15. The van der Waals surface area contributed by atoms with E-state index >= 15 is 0 Å². The molecule has 4 heteroatoms. The molecule has 1 aromatic heterocycles.